The Balaban J connectivity index is 0. The van der Waals surface area contributed by atoms with Crippen LogP contribution in [-0.4, -0.2) is 23.2 Å². The molecule has 0 N–H and O–H groups in total. The van der Waals surface area contributed by atoms with E-state index in [1.165, 1.54) is 12.3 Å². The van der Waals surface area contributed by atoms with Gasteiger partial charge in [-0.15, -0.1) is 0 Å². The van der Waals surface area contributed by atoms with Crippen LogP contribution in [0.5, 0.6) is 11.5 Å². The predicted octanol–water partition coefficient (Wildman–Crippen LogP) is 5.83. The fraction of sp³-hybridized carbons (Fsp3) is 0.474. The van der Waals surface area contributed by atoms with Crippen molar-refractivity contribution in [2.45, 2.75) is 55.1 Å². The third-order valence-electron chi connectivity index (χ3n) is 2.24. The average Bonchev–Trinajstić information content (AvgIpc) is 2.59. The van der Waals surface area contributed by atoms with Crippen molar-refractivity contribution in [3.05, 3.63) is 48.0 Å². The minimum Gasteiger partial charge on any atom is -0.492 e. The van der Waals surface area contributed by atoms with Crippen LogP contribution in [0.1, 0.15) is 45.7 Å². The lowest BCUT2D eigenvalue weighted by Gasteiger charge is -2.02. The molecule has 0 atom stereocenters. The van der Waals surface area contributed by atoms with Crippen LogP contribution in [0.2, 0.25) is 0 Å². The molecule has 2 aromatic rings. The lowest BCUT2D eigenvalue weighted by Crippen LogP contribution is -2.02. The third-order valence-corrected chi connectivity index (χ3v) is 2.24. The van der Waals surface area contributed by atoms with E-state index >= 15 is 0 Å². The van der Waals surface area contributed by atoms with Gasteiger partial charge in [-0.3, -0.25) is 9.97 Å². The third kappa shape index (κ3) is 13.9. The van der Waals surface area contributed by atoms with Crippen molar-refractivity contribution in [1.82, 2.24) is 9.97 Å². The molecule has 0 amide bonds. The molecular formula is C19H30F2N2O2. The number of rotatable bonds is 4. The van der Waals surface area contributed by atoms with E-state index < -0.39 is 6.61 Å². The maximum atomic E-state index is 11.6. The molecule has 0 fully saturated rings. The Hall–Kier alpha value is -2.24. The number of ether oxygens (including phenoxy) is 2. The fourth-order valence-electron chi connectivity index (χ4n) is 1.47. The Bertz CT molecular complexity index is 552. The van der Waals surface area contributed by atoms with Crippen molar-refractivity contribution < 1.29 is 18.3 Å². The van der Waals surface area contributed by atoms with Crippen molar-refractivity contribution in [3.8, 4) is 11.5 Å². The molecule has 0 spiro atoms. The second kappa shape index (κ2) is 16.6. The lowest BCUT2D eigenvalue weighted by atomic mass is 10.3. The number of aryl methyl sites for hydroxylation is 2. The first-order valence-corrected chi connectivity index (χ1v) is 8.42. The highest BCUT2D eigenvalue weighted by Crippen LogP contribution is 2.12. The molecular weight excluding hydrogens is 326 g/mol. The van der Waals surface area contributed by atoms with Gasteiger partial charge in [0.1, 0.15) is 11.5 Å². The summed E-state index contributed by atoms with van der Waals surface area (Å²) in [5, 5.41) is 0. The smallest absolute Gasteiger partial charge is 0.387 e. The highest BCUT2D eigenvalue weighted by atomic mass is 19.3. The van der Waals surface area contributed by atoms with E-state index in [0.717, 1.165) is 16.9 Å². The van der Waals surface area contributed by atoms with Crippen LogP contribution in [0.3, 0.4) is 0 Å². The van der Waals surface area contributed by atoms with E-state index in [1.807, 2.05) is 53.8 Å². The maximum absolute atomic E-state index is 11.6. The van der Waals surface area contributed by atoms with Gasteiger partial charge in [-0.25, -0.2) is 0 Å². The second-order valence-electron chi connectivity index (χ2n) is 4.21. The van der Waals surface area contributed by atoms with E-state index in [0.29, 0.717) is 6.61 Å². The summed E-state index contributed by atoms with van der Waals surface area (Å²) < 4.78 is 32.5. The molecule has 2 heterocycles. The number of aromatic nitrogens is 2. The molecule has 0 aliphatic carbocycles. The number of alkyl halides is 2. The van der Waals surface area contributed by atoms with Gasteiger partial charge in [-0.05, 0) is 44.0 Å². The van der Waals surface area contributed by atoms with Crippen LogP contribution in [0.15, 0.2) is 36.9 Å². The van der Waals surface area contributed by atoms with E-state index in [2.05, 4.69) is 14.7 Å². The molecule has 2 rings (SSSR count). The van der Waals surface area contributed by atoms with Gasteiger partial charge in [0.15, 0.2) is 0 Å². The van der Waals surface area contributed by atoms with Gasteiger partial charge < -0.3 is 9.47 Å². The highest BCUT2D eigenvalue weighted by Gasteiger charge is 2.03. The standard InChI is InChI=1S/C8H11NO.C7H7F2NO.2C2H6/c1-3-10-8-4-7(2)5-9-6-8;1-5-2-6(4-10-3-5)11-7(8)9;2*1-2/h4-6H,3H2,1-2H3;2-4,7H,1H3;2*1-2H3. The van der Waals surface area contributed by atoms with Crippen LogP contribution in [-0.2, 0) is 0 Å². The number of hydrogen-bond acceptors (Lipinski definition) is 4. The van der Waals surface area contributed by atoms with Gasteiger partial charge in [0.05, 0.1) is 19.0 Å². The van der Waals surface area contributed by atoms with Crippen LogP contribution in [0, 0.1) is 13.8 Å². The van der Waals surface area contributed by atoms with E-state index in [-0.39, 0.29) is 5.75 Å². The molecule has 0 unspecified atom stereocenters. The molecule has 6 heteroatoms. The molecule has 0 saturated carbocycles. The number of hydrogen-bond donors (Lipinski definition) is 0. The largest absolute Gasteiger partial charge is 0.492 e. The van der Waals surface area contributed by atoms with Crippen molar-refractivity contribution in [3.63, 3.8) is 0 Å². The minimum atomic E-state index is -2.78. The number of nitrogens with zero attached hydrogens (tertiary/aromatic N) is 2. The summed E-state index contributed by atoms with van der Waals surface area (Å²) in [7, 11) is 0. The molecule has 0 aliphatic heterocycles. The first-order valence-electron chi connectivity index (χ1n) is 8.42. The van der Waals surface area contributed by atoms with E-state index in [9.17, 15) is 8.78 Å². The zero-order chi connectivity index (χ0) is 19.7. The molecule has 4 nitrogen and oxygen atoms in total. The zero-order valence-corrected chi connectivity index (χ0v) is 16.2. The second-order valence-corrected chi connectivity index (χ2v) is 4.21. The molecule has 142 valence electrons. The van der Waals surface area contributed by atoms with Gasteiger partial charge >= 0.3 is 6.61 Å². The molecule has 0 radical (unpaired) electrons. The Kier molecular flexibility index (Phi) is 16.6. The SMILES string of the molecule is CC.CC.CCOc1cncc(C)c1.Cc1cncc(OC(F)F)c1. The maximum Gasteiger partial charge on any atom is 0.387 e. The normalized spacial score (nSPS) is 8.72. The summed E-state index contributed by atoms with van der Waals surface area (Å²) in [6.45, 7) is 11.6. The van der Waals surface area contributed by atoms with Gasteiger partial charge in [0, 0.05) is 12.4 Å². The Morgan fingerprint density at radius 2 is 1.28 bits per heavy atom. The van der Waals surface area contributed by atoms with Gasteiger partial charge in [-0.2, -0.15) is 8.78 Å². The summed E-state index contributed by atoms with van der Waals surface area (Å²) in [6, 6.07) is 3.47. The van der Waals surface area contributed by atoms with E-state index in [1.54, 1.807) is 19.3 Å². The van der Waals surface area contributed by atoms with E-state index in [4.69, 9.17) is 4.74 Å². The molecule has 0 aromatic carbocycles. The quantitative estimate of drug-likeness (QED) is 0.691. The van der Waals surface area contributed by atoms with Crippen LogP contribution in [0.25, 0.3) is 0 Å². The van der Waals surface area contributed by atoms with Crippen LogP contribution in [0.4, 0.5) is 8.78 Å². The first-order chi connectivity index (χ1) is 12.0. The molecule has 0 bridgehead atoms. The molecule has 0 saturated heterocycles. The monoisotopic (exact) mass is 356 g/mol. The average molecular weight is 356 g/mol. The minimum absolute atomic E-state index is 0.0972. The molecule has 25 heavy (non-hydrogen) atoms. The van der Waals surface area contributed by atoms with Gasteiger partial charge in [-0.1, -0.05) is 27.7 Å². The Morgan fingerprint density at radius 1 is 0.840 bits per heavy atom. The van der Waals surface area contributed by atoms with Crippen LogP contribution < -0.4 is 9.47 Å². The fourth-order valence-corrected chi connectivity index (χ4v) is 1.47. The number of pyridine rings is 2. The van der Waals surface area contributed by atoms with Crippen molar-refractivity contribution >= 4 is 0 Å². The molecule has 0 aliphatic rings. The first kappa shape index (κ1) is 25.0. The van der Waals surface area contributed by atoms with Gasteiger partial charge in [0.2, 0.25) is 0 Å². The van der Waals surface area contributed by atoms with Crippen molar-refractivity contribution in [2.24, 2.45) is 0 Å². The zero-order valence-electron chi connectivity index (χ0n) is 16.2. The highest BCUT2D eigenvalue weighted by molar-refractivity contribution is 5.22. The van der Waals surface area contributed by atoms with Crippen molar-refractivity contribution in [1.29, 1.82) is 0 Å². The Morgan fingerprint density at radius 3 is 1.68 bits per heavy atom. The van der Waals surface area contributed by atoms with Crippen molar-refractivity contribution in [2.75, 3.05) is 6.61 Å². The summed E-state index contributed by atoms with van der Waals surface area (Å²) in [5.74, 6) is 0.947. The summed E-state index contributed by atoms with van der Waals surface area (Å²) >= 11 is 0. The topological polar surface area (TPSA) is 44.2 Å². The lowest BCUT2D eigenvalue weighted by molar-refractivity contribution is -0.0501. The van der Waals surface area contributed by atoms with Crippen LogP contribution >= 0.6 is 0 Å². The molecule has 2 aromatic heterocycles. The Labute approximate surface area is 150 Å². The van der Waals surface area contributed by atoms with Gasteiger partial charge in [0.25, 0.3) is 0 Å². The number of halogens is 2. The predicted molar refractivity (Wildman–Crippen MR) is 98.4 cm³/mol. The summed E-state index contributed by atoms with van der Waals surface area (Å²) in [4.78, 5) is 7.66. The summed E-state index contributed by atoms with van der Waals surface area (Å²) in [6.07, 6.45) is 6.34. The summed E-state index contributed by atoms with van der Waals surface area (Å²) in [5.41, 5.74) is 1.93.